The molecule has 0 rings (SSSR count). The third-order valence-corrected chi connectivity index (χ3v) is 16.5. The average Bonchev–Trinajstić information content (AvgIpc) is 2.47. The van der Waals surface area contributed by atoms with Crippen molar-refractivity contribution in [3.63, 3.8) is 0 Å². The average molecular weight is 525 g/mol. The standard InChI is InChI=1S/C22H45IO2Si2/c1-17(19(3)15-23)14-18(2)20(25-27(12,13)22(7,8)9)16-24-26(10,11)21(4,5)6/h14-15,18,20H,16H2,1-13H3/b17-14+,19-15+/t18-,20+/m1/s1. The molecule has 0 aromatic carbocycles. The van der Waals surface area contributed by atoms with Gasteiger partial charge in [0.25, 0.3) is 0 Å². The number of hydrogen-bond donors (Lipinski definition) is 0. The molecule has 0 aliphatic carbocycles. The van der Waals surface area contributed by atoms with Crippen molar-refractivity contribution < 1.29 is 8.85 Å². The lowest BCUT2D eigenvalue weighted by Crippen LogP contribution is -2.49. The van der Waals surface area contributed by atoms with Gasteiger partial charge in [-0.2, -0.15) is 0 Å². The maximum atomic E-state index is 6.86. The molecular weight excluding hydrogens is 479 g/mol. The van der Waals surface area contributed by atoms with Gasteiger partial charge in [0.15, 0.2) is 16.6 Å². The summed E-state index contributed by atoms with van der Waals surface area (Å²) in [6.45, 7) is 30.4. The van der Waals surface area contributed by atoms with E-state index in [1.807, 2.05) is 0 Å². The van der Waals surface area contributed by atoms with Crippen LogP contribution in [-0.4, -0.2) is 29.3 Å². The molecular formula is C22H45IO2Si2. The maximum absolute atomic E-state index is 6.86. The first-order valence-electron chi connectivity index (χ1n) is 10.1. The van der Waals surface area contributed by atoms with E-state index in [9.17, 15) is 0 Å². The molecule has 2 atom stereocenters. The Kier molecular flexibility index (Phi) is 10.3. The van der Waals surface area contributed by atoms with Crippen molar-refractivity contribution in [1.82, 2.24) is 0 Å². The van der Waals surface area contributed by atoms with Crippen LogP contribution in [0, 0.1) is 5.92 Å². The van der Waals surface area contributed by atoms with Crippen LogP contribution in [0.2, 0.25) is 36.3 Å². The Bertz CT molecular complexity index is 537. The molecule has 2 nitrogen and oxygen atoms in total. The van der Waals surface area contributed by atoms with E-state index in [2.05, 4.69) is 121 Å². The molecule has 0 spiro atoms. The van der Waals surface area contributed by atoms with Crippen LogP contribution in [0.1, 0.15) is 62.3 Å². The molecule has 0 fully saturated rings. The molecule has 0 saturated carbocycles. The van der Waals surface area contributed by atoms with Crippen LogP contribution in [0.3, 0.4) is 0 Å². The van der Waals surface area contributed by atoms with Crippen molar-refractivity contribution in [3.8, 4) is 0 Å². The Morgan fingerprint density at radius 3 is 1.70 bits per heavy atom. The fourth-order valence-corrected chi connectivity index (χ4v) is 4.97. The summed E-state index contributed by atoms with van der Waals surface area (Å²) < 4.78 is 15.6. The first kappa shape index (κ1) is 27.6. The van der Waals surface area contributed by atoms with E-state index in [-0.39, 0.29) is 16.2 Å². The van der Waals surface area contributed by atoms with Crippen LogP contribution < -0.4 is 0 Å². The molecule has 5 heteroatoms. The van der Waals surface area contributed by atoms with Crippen molar-refractivity contribution in [2.24, 2.45) is 5.92 Å². The number of hydrogen-bond acceptors (Lipinski definition) is 2. The minimum atomic E-state index is -1.87. The van der Waals surface area contributed by atoms with Crippen LogP contribution >= 0.6 is 22.6 Å². The van der Waals surface area contributed by atoms with Gasteiger partial charge in [-0.05, 0) is 59.8 Å². The largest absolute Gasteiger partial charge is 0.414 e. The Balaban J connectivity index is 5.64. The van der Waals surface area contributed by atoms with E-state index in [1.165, 1.54) is 11.1 Å². The predicted molar refractivity (Wildman–Crippen MR) is 136 cm³/mol. The second-order valence-corrected chi connectivity index (χ2v) is 21.2. The summed E-state index contributed by atoms with van der Waals surface area (Å²) in [6.07, 6.45) is 2.45. The topological polar surface area (TPSA) is 18.5 Å². The number of allylic oxidation sites excluding steroid dienone is 2. The van der Waals surface area contributed by atoms with Gasteiger partial charge in [-0.3, -0.25) is 0 Å². The second kappa shape index (κ2) is 10.0. The lowest BCUT2D eigenvalue weighted by atomic mass is 10.00. The normalized spacial score (nSPS) is 17.9. The van der Waals surface area contributed by atoms with Crippen LogP contribution in [0.15, 0.2) is 21.3 Å². The maximum Gasteiger partial charge on any atom is 0.192 e. The Morgan fingerprint density at radius 2 is 1.33 bits per heavy atom. The molecule has 0 amide bonds. The zero-order valence-corrected chi connectivity index (χ0v) is 24.4. The first-order valence-corrected chi connectivity index (χ1v) is 17.2. The SMILES string of the molecule is CC(=C\I)/C(C)=C/[C@@H](C)[C@H](CO[Si](C)(C)C(C)(C)C)O[Si](C)(C)C(C)(C)C. The molecule has 0 aromatic heterocycles. The number of rotatable bonds is 8. The van der Waals surface area contributed by atoms with Crippen molar-refractivity contribution >= 4 is 39.2 Å². The minimum Gasteiger partial charge on any atom is -0.414 e. The Morgan fingerprint density at radius 1 is 0.889 bits per heavy atom. The predicted octanol–water partition coefficient (Wildman–Crippen LogP) is 8.32. The van der Waals surface area contributed by atoms with Gasteiger partial charge >= 0.3 is 0 Å². The third kappa shape index (κ3) is 8.45. The van der Waals surface area contributed by atoms with Gasteiger partial charge in [-0.1, -0.05) is 82.7 Å². The molecule has 0 saturated heterocycles. The molecule has 27 heavy (non-hydrogen) atoms. The minimum absolute atomic E-state index is 0.0944. The summed E-state index contributed by atoms with van der Waals surface area (Å²) in [5, 5.41) is 0.406. The van der Waals surface area contributed by atoms with Crippen molar-refractivity contribution in [3.05, 3.63) is 21.3 Å². The third-order valence-electron chi connectivity index (χ3n) is 6.55. The summed E-state index contributed by atoms with van der Waals surface area (Å²) in [4.78, 5) is 0. The van der Waals surface area contributed by atoms with E-state index >= 15 is 0 Å². The monoisotopic (exact) mass is 524 g/mol. The summed E-state index contributed by atoms with van der Waals surface area (Å²) in [6, 6.07) is 0. The zero-order chi connectivity index (χ0) is 21.8. The zero-order valence-electron chi connectivity index (χ0n) is 20.2. The highest BCUT2D eigenvalue weighted by Gasteiger charge is 2.42. The van der Waals surface area contributed by atoms with Crippen molar-refractivity contribution in [1.29, 1.82) is 0 Å². The molecule has 0 aliphatic heterocycles. The van der Waals surface area contributed by atoms with E-state index in [0.717, 1.165) is 0 Å². The second-order valence-electron chi connectivity index (χ2n) is 11.0. The van der Waals surface area contributed by atoms with Gasteiger partial charge in [0.1, 0.15) is 0 Å². The fourth-order valence-electron chi connectivity index (χ4n) is 2.07. The fraction of sp³-hybridized carbons (Fsp3) is 0.818. The Labute approximate surface area is 186 Å². The van der Waals surface area contributed by atoms with Gasteiger partial charge in [0, 0.05) is 5.92 Å². The van der Waals surface area contributed by atoms with E-state index in [0.29, 0.717) is 12.5 Å². The van der Waals surface area contributed by atoms with Gasteiger partial charge in [0.2, 0.25) is 0 Å². The first-order chi connectivity index (χ1) is 11.9. The highest BCUT2D eigenvalue weighted by atomic mass is 127. The van der Waals surface area contributed by atoms with Crippen molar-refractivity contribution in [2.75, 3.05) is 6.61 Å². The highest BCUT2D eigenvalue weighted by molar-refractivity contribution is 14.1. The van der Waals surface area contributed by atoms with Crippen LogP contribution in [-0.2, 0) is 8.85 Å². The Hall–Kier alpha value is 0.564. The van der Waals surface area contributed by atoms with E-state index in [4.69, 9.17) is 8.85 Å². The van der Waals surface area contributed by atoms with Crippen LogP contribution in [0.5, 0.6) is 0 Å². The van der Waals surface area contributed by atoms with E-state index in [1.54, 1.807) is 0 Å². The van der Waals surface area contributed by atoms with Gasteiger partial charge < -0.3 is 8.85 Å². The van der Waals surface area contributed by atoms with Gasteiger partial charge in [0.05, 0.1) is 12.7 Å². The molecule has 0 unspecified atom stereocenters. The lowest BCUT2D eigenvalue weighted by Gasteiger charge is -2.42. The summed E-state index contributed by atoms with van der Waals surface area (Å²) in [5.74, 6) is 0.315. The van der Waals surface area contributed by atoms with Gasteiger partial charge in [-0.25, -0.2) is 0 Å². The molecule has 160 valence electrons. The van der Waals surface area contributed by atoms with Crippen molar-refractivity contribution in [2.45, 2.75) is 105 Å². The molecule has 0 N–H and O–H groups in total. The molecule has 0 radical (unpaired) electrons. The number of halogens is 1. The molecule has 0 heterocycles. The summed E-state index contributed by atoms with van der Waals surface area (Å²) in [7, 11) is -3.67. The summed E-state index contributed by atoms with van der Waals surface area (Å²) in [5.41, 5.74) is 2.65. The molecule has 0 bridgehead atoms. The smallest absolute Gasteiger partial charge is 0.192 e. The highest BCUT2D eigenvalue weighted by Crippen LogP contribution is 2.40. The molecule has 0 aromatic rings. The quantitative estimate of drug-likeness (QED) is 0.181. The lowest BCUT2D eigenvalue weighted by molar-refractivity contribution is 0.0811. The van der Waals surface area contributed by atoms with Crippen LogP contribution in [0.25, 0.3) is 0 Å². The van der Waals surface area contributed by atoms with Crippen LogP contribution in [0.4, 0.5) is 0 Å². The van der Waals surface area contributed by atoms with Gasteiger partial charge in [-0.15, -0.1) is 0 Å². The van der Waals surface area contributed by atoms with E-state index < -0.39 is 16.6 Å². The molecule has 0 aliphatic rings. The summed E-state index contributed by atoms with van der Waals surface area (Å²) >= 11 is 2.31.